The maximum Gasteiger partial charge on any atom is 0.306 e. The van der Waals surface area contributed by atoms with Gasteiger partial charge < -0.3 is 9.47 Å². The third-order valence-corrected chi connectivity index (χ3v) is 1.62. The van der Waals surface area contributed by atoms with Gasteiger partial charge in [-0.25, -0.2) is 0 Å². The van der Waals surface area contributed by atoms with Gasteiger partial charge in [-0.1, -0.05) is 19.8 Å². The van der Waals surface area contributed by atoms with Crippen molar-refractivity contribution in [3.8, 4) is 12.3 Å². The Labute approximate surface area is 103 Å². The minimum atomic E-state index is -0.246. The average Bonchev–Trinajstić information content (AvgIpc) is 2.31. The Morgan fingerprint density at radius 2 is 1.94 bits per heavy atom. The summed E-state index contributed by atoms with van der Waals surface area (Å²) in [4.78, 5) is 10.8. The highest BCUT2D eigenvalue weighted by molar-refractivity contribution is 6.18. The van der Waals surface area contributed by atoms with E-state index in [0.717, 1.165) is 12.8 Å². The van der Waals surface area contributed by atoms with E-state index in [1.54, 1.807) is 0 Å². The van der Waals surface area contributed by atoms with Crippen LogP contribution in [-0.4, -0.2) is 31.7 Å². The van der Waals surface area contributed by atoms with Gasteiger partial charge in [0.1, 0.15) is 6.61 Å². The molecule has 0 rings (SSSR count). The molecule has 0 aromatic heterocycles. The van der Waals surface area contributed by atoms with Gasteiger partial charge in [0.05, 0.1) is 13.0 Å². The molecule has 0 bridgehead atoms. The van der Waals surface area contributed by atoms with Crippen molar-refractivity contribution in [2.75, 3.05) is 25.7 Å². The number of esters is 1. The van der Waals surface area contributed by atoms with E-state index < -0.39 is 0 Å². The van der Waals surface area contributed by atoms with Gasteiger partial charge in [-0.05, 0) is 12.8 Å². The van der Waals surface area contributed by atoms with Crippen LogP contribution in [-0.2, 0) is 14.3 Å². The second-order valence-electron chi connectivity index (χ2n) is 2.62. The summed E-state index contributed by atoms with van der Waals surface area (Å²) >= 11 is 5.35. The van der Waals surface area contributed by atoms with Crippen molar-refractivity contribution in [3.05, 3.63) is 0 Å². The van der Waals surface area contributed by atoms with Crippen molar-refractivity contribution in [1.29, 1.82) is 0 Å². The molecule has 0 aromatic carbocycles. The molecular weight excluding hydrogens is 228 g/mol. The first kappa shape index (κ1) is 17.7. The zero-order chi connectivity index (χ0) is 12.6. The van der Waals surface area contributed by atoms with Crippen LogP contribution < -0.4 is 0 Å². The normalized spacial score (nSPS) is 8.62. The molecule has 3 nitrogen and oxygen atoms in total. The SMILES string of the molecule is C#CCOCCCCOC(=O)CCCl.CC. The Kier molecular flexibility index (Phi) is 18.4. The molecule has 0 fully saturated rings. The smallest absolute Gasteiger partial charge is 0.306 e. The van der Waals surface area contributed by atoms with Gasteiger partial charge in [-0.3, -0.25) is 4.79 Å². The van der Waals surface area contributed by atoms with Crippen LogP contribution in [0.15, 0.2) is 0 Å². The Morgan fingerprint density at radius 3 is 2.50 bits per heavy atom. The van der Waals surface area contributed by atoms with Crippen LogP contribution in [0.2, 0.25) is 0 Å². The lowest BCUT2D eigenvalue weighted by Gasteiger charge is -2.03. The molecule has 0 aliphatic heterocycles. The fourth-order valence-corrected chi connectivity index (χ4v) is 0.927. The lowest BCUT2D eigenvalue weighted by molar-refractivity contribution is -0.143. The summed E-state index contributed by atoms with van der Waals surface area (Å²) in [5.41, 5.74) is 0. The zero-order valence-corrected chi connectivity index (χ0v) is 10.9. The molecule has 0 heterocycles. The van der Waals surface area contributed by atoms with Crippen molar-refractivity contribution in [1.82, 2.24) is 0 Å². The van der Waals surface area contributed by atoms with E-state index in [1.807, 2.05) is 13.8 Å². The maximum atomic E-state index is 10.8. The van der Waals surface area contributed by atoms with Gasteiger partial charge >= 0.3 is 5.97 Å². The number of hydrogen-bond acceptors (Lipinski definition) is 3. The Balaban J connectivity index is 0. The number of carbonyl (C=O) groups excluding carboxylic acids is 1. The summed E-state index contributed by atoms with van der Waals surface area (Å²) in [6.07, 6.45) is 6.89. The van der Waals surface area contributed by atoms with Crippen molar-refractivity contribution >= 4 is 17.6 Å². The Bertz CT molecular complexity index is 187. The molecule has 0 saturated carbocycles. The van der Waals surface area contributed by atoms with E-state index in [4.69, 9.17) is 27.5 Å². The molecule has 0 aromatic rings. The van der Waals surface area contributed by atoms with Gasteiger partial charge in [-0.2, -0.15) is 0 Å². The van der Waals surface area contributed by atoms with Crippen LogP contribution >= 0.6 is 11.6 Å². The monoisotopic (exact) mass is 248 g/mol. The second kappa shape index (κ2) is 16.7. The molecule has 16 heavy (non-hydrogen) atoms. The minimum absolute atomic E-state index is 0.246. The minimum Gasteiger partial charge on any atom is -0.466 e. The molecule has 0 aliphatic rings. The summed E-state index contributed by atoms with van der Waals surface area (Å²) in [5, 5.41) is 0. The number of hydrogen-bond donors (Lipinski definition) is 0. The number of carbonyl (C=O) groups is 1. The van der Waals surface area contributed by atoms with Crippen molar-refractivity contribution in [2.45, 2.75) is 33.1 Å². The predicted octanol–water partition coefficient (Wildman–Crippen LogP) is 2.61. The molecule has 0 radical (unpaired) electrons. The highest BCUT2D eigenvalue weighted by atomic mass is 35.5. The quantitative estimate of drug-likeness (QED) is 0.287. The highest BCUT2D eigenvalue weighted by Gasteiger charge is 1.99. The predicted molar refractivity (Wildman–Crippen MR) is 66.5 cm³/mol. The first-order chi connectivity index (χ1) is 7.81. The zero-order valence-electron chi connectivity index (χ0n) is 10.1. The van der Waals surface area contributed by atoms with Gasteiger partial charge in [0, 0.05) is 12.5 Å². The molecule has 0 saturated heterocycles. The standard InChI is InChI=1S/C10H15ClO3.C2H6/c1-2-7-13-8-3-4-9-14-10(12)5-6-11;1-2/h1H,3-9H2;1-2H3. The van der Waals surface area contributed by atoms with E-state index in [2.05, 4.69) is 5.92 Å². The summed E-state index contributed by atoms with van der Waals surface area (Å²) in [6, 6.07) is 0. The van der Waals surface area contributed by atoms with Crippen molar-refractivity contribution in [3.63, 3.8) is 0 Å². The Morgan fingerprint density at radius 1 is 1.31 bits per heavy atom. The summed E-state index contributed by atoms with van der Waals surface area (Å²) in [7, 11) is 0. The summed E-state index contributed by atoms with van der Waals surface area (Å²) in [5.74, 6) is 2.44. The molecule has 0 N–H and O–H groups in total. The van der Waals surface area contributed by atoms with Crippen LogP contribution in [0, 0.1) is 12.3 Å². The average molecular weight is 249 g/mol. The first-order valence-electron chi connectivity index (χ1n) is 5.54. The van der Waals surface area contributed by atoms with Gasteiger partial charge in [0.2, 0.25) is 0 Å². The number of halogens is 1. The van der Waals surface area contributed by atoms with E-state index in [0.29, 0.717) is 25.7 Å². The van der Waals surface area contributed by atoms with Crippen molar-refractivity contribution in [2.24, 2.45) is 0 Å². The van der Waals surface area contributed by atoms with E-state index >= 15 is 0 Å². The third-order valence-electron chi connectivity index (χ3n) is 1.43. The largest absolute Gasteiger partial charge is 0.466 e. The van der Waals surface area contributed by atoms with Crippen LogP contribution in [0.1, 0.15) is 33.1 Å². The molecule has 0 amide bonds. The third kappa shape index (κ3) is 15.7. The van der Waals surface area contributed by atoms with E-state index in [1.165, 1.54) is 0 Å². The number of unbranched alkanes of at least 4 members (excludes halogenated alkanes) is 1. The summed E-state index contributed by atoms with van der Waals surface area (Å²) in [6.45, 7) is 5.37. The van der Waals surface area contributed by atoms with Gasteiger partial charge in [0.25, 0.3) is 0 Å². The van der Waals surface area contributed by atoms with Crippen molar-refractivity contribution < 1.29 is 14.3 Å². The number of alkyl halides is 1. The molecule has 94 valence electrons. The van der Waals surface area contributed by atoms with E-state index in [9.17, 15) is 4.79 Å². The van der Waals surface area contributed by atoms with Gasteiger partial charge in [0.15, 0.2) is 0 Å². The fourth-order valence-electron chi connectivity index (χ4n) is 0.773. The Hall–Kier alpha value is -0.720. The number of ether oxygens (including phenoxy) is 2. The van der Waals surface area contributed by atoms with Gasteiger partial charge in [-0.15, -0.1) is 18.0 Å². The lowest BCUT2D eigenvalue weighted by atomic mass is 10.3. The fraction of sp³-hybridized carbons (Fsp3) is 0.750. The van der Waals surface area contributed by atoms with Crippen LogP contribution in [0.25, 0.3) is 0 Å². The molecule has 4 heteroatoms. The molecule has 0 aliphatic carbocycles. The second-order valence-corrected chi connectivity index (χ2v) is 3.00. The first-order valence-corrected chi connectivity index (χ1v) is 6.07. The van der Waals surface area contributed by atoms with Crippen LogP contribution in [0.5, 0.6) is 0 Å². The lowest BCUT2D eigenvalue weighted by Crippen LogP contribution is -2.07. The molecule has 0 spiro atoms. The summed E-state index contributed by atoms with van der Waals surface area (Å²) < 4.78 is 9.91. The highest BCUT2D eigenvalue weighted by Crippen LogP contribution is 1.94. The molecule has 0 unspecified atom stereocenters. The van der Waals surface area contributed by atoms with E-state index in [-0.39, 0.29) is 12.4 Å². The topological polar surface area (TPSA) is 35.5 Å². The maximum absolute atomic E-state index is 10.8. The van der Waals surface area contributed by atoms with Crippen LogP contribution in [0.4, 0.5) is 0 Å². The number of terminal acetylenes is 1. The molecule has 0 atom stereocenters. The molecular formula is C12H21ClO3. The van der Waals surface area contributed by atoms with Crippen LogP contribution in [0.3, 0.4) is 0 Å². The number of rotatable bonds is 8.